The maximum atomic E-state index is 12.4. The van der Waals surface area contributed by atoms with Gasteiger partial charge >= 0.3 is 5.97 Å². The molecule has 1 aliphatic heterocycles. The largest absolute Gasteiger partial charge is 0.450 e. The number of anilines is 1. The molecule has 138 valence electrons. The third-order valence-corrected chi connectivity index (χ3v) is 4.30. The van der Waals surface area contributed by atoms with Gasteiger partial charge in [0.2, 0.25) is 11.7 Å². The van der Waals surface area contributed by atoms with Crippen LogP contribution in [0.3, 0.4) is 0 Å². The molecule has 3 rings (SSSR count). The first-order valence-electron chi connectivity index (χ1n) is 8.42. The molecule has 0 radical (unpaired) electrons. The molecule has 7 heteroatoms. The van der Waals surface area contributed by atoms with Crippen molar-refractivity contribution < 1.29 is 19.1 Å². The second-order valence-electron chi connectivity index (χ2n) is 6.01. The fourth-order valence-electron chi connectivity index (χ4n) is 2.60. The van der Waals surface area contributed by atoms with Crippen LogP contribution in [0.25, 0.3) is 0 Å². The molecule has 0 spiro atoms. The summed E-state index contributed by atoms with van der Waals surface area (Å²) in [4.78, 5) is 36.9. The van der Waals surface area contributed by atoms with Crippen molar-refractivity contribution in [2.75, 3.05) is 5.01 Å². The lowest BCUT2D eigenvalue weighted by Gasteiger charge is -2.23. The molecule has 1 atom stereocenters. The van der Waals surface area contributed by atoms with E-state index in [1.54, 1.807) is 48.5 Å². The van der Waals surface area contributed by atoms with Crippen LogP contribution in [-0.4, -0.2) is 29.5 Å². The number of carbonyl (C=O) groups is 3. The first kappa shape index (κ1) is 18.8. The van der Waals surface area contributed by atoms with Gasteiger partial charge in [-0.3, -0.25) is 9.59 Å². The second kappa shape index (κ2) is 8.14. The molecular formula is C20H17ClN2O4. The van der Waals surface area contributed by atoms with Crippen LogP contribution in [0.5, 0.6) is 0 Å². The van der Waals surface area contributed by atoms with Crippen LogP contribution >= 0.6 is 11.6 Å². The van der Waals surface area contributed by atoms with Crippen molar-refractivity contribution in [3.63, 3.8) is 0 Å². The summed E-state index contributed by atoms with van der Waals surface area (Å²) in [6.07, 6.45) is -0.672. The minimum absolute atomic E-state index is 0.106. The number of hydrogen-bond donors (Lipinski definition) is 0. The summed E-state index contributed by atoms with van der Waals surface area (Å²) in [6, 6.07) is 15.2. The highest BCUT2D eigenvalue weighted by Gasteiger charge is 2.28. The van der Waals surface area contributed by atoms with E-state index in [1.807, 2.05) is 6.07 Å². The normalized spacial score (nSPS) is 15.1. The van der Waals surface area contributed by atoms with Gasteiger partial charge in [-0.05, 0) is 43.3 Å². The van der Waals surface area contributed by atoms with E-state index in [9.17, 15) is 14.4 Å². The monoisotopic (exact) mass is 384 g/mol. The summed E-state index contributed by atoms with van der Waals surface area (Å²) in [7, 11) is 0. The number of nitrogens with zero attached hydrogens (tertiary/aromatic N) is 2. The lowest BCUT2D eigenvalue weighted by Crippen LogP contribution is -2.36. The summed E-state index contributed by atoms with van der Waals surface area (Å²) in [5.74, 6) is -1.26. The van der Waals surface area contributed by atoms with Crippen molar-refractivity contribution in [2.24, 2.45) is 5.10 Å². The predicted molar refractivity (Wildman–Crippen MR) is 102 cm³/mol. The topological polar surface area (TPSA) is 76.0 Å². The molecule has 0 saturated carbocycles. The van der Waals surface area contributed by atoms with Crippen LogP contribution in [0.2, 0.25) is 5.02 Å². The zero-order valence-electron chi connectivity index (χ0n) is 14.6. The minimum Gasteiger partial charge on any atom is -0.450 e. The van der Waals surface area contributed by atoms with Crippen LogP contribution in [0.1, 0.15) is 30.1 Å². The van der Waals surface area contributed by atoms with Crippen LogP contribution in [-0.2, 0) is 14.3 Å². The van der Waals surface area contributed by atoms with Crippen molar-refractivity contribution in [1.82, 2.24) is 0 Å². The summed E-state index contributed by atoms with van der Waals surface area (Å²) >= 11 is 5.81. The van der Waals surface area contributed by atoms with Gasteiger partial charge in [0.25, 0.3) is 0 Å². The fourth-order valence-corrected chi connectivity index (χ4v) is 2.73. The number of halogens is 1. The van der Waals surface area contributed by atoms with E-state index < -0.39 is 12.1 Å². The van der Waals surface area contributed by atoms with Gasteiger partial charge in [-0.15, -0.1) is 0 Å². The number of amides is 1. The summed E-state index contributed by atoms with van der Waals surface area (Å²) < 4.78 is 5.27. The van der Waals surface area contributed by atoms with Gasteiger partial charge < -0.3 is 4.74 Å². The van der Waals surface area contributed by atoms with Crippen molar-refractivity contribution in [2.45, 2.75) is 25.9 Å². The van der Waals surface area contributed by atoms with Crippen molar-refractivity contribution >= 4 is 40.7 Å². The van der Waals surface area contributed by atoms with Gasteiger partial charge in [-0.2, -0.15) is 5.10 Å². The van der Waals surface area contributed by atoms with Crippen LogP contribution in [0.4, 0.5) is 5.69 Å². The Bertz CT molecular complexity index is 894. The number of para-hydroxylation sites is 1. The Hall–Kier alpha value is -2.99. The molecule has 1 aliphatic rings. The quantitative estimate of drug-likeness (QED) is 0.582. The van der Waals surface area contributed by atoms with Crippen LogP contribution < -0.4 is 5.01 Å². The minimum atomic E-state index is -0.982. The number of ether oxygens (including phenoxy) is 1. The number of carbonyl (C=O) groups excluding carboxylic acids is 3. The Morgan fingerprint density at radius 1 is 1.07 bits per heavy atom. The van der Waals surface area contributed by atoms with Gasteiger partial charge in [-0.25, -0.2) is 9.80 Å². The van der Waals surface area contributed by atoms with E-state index in [0.29, 0.717) is 16.3 Å². The molecule has 1 amide bonds. The molecule has 1 heterocycles. The summed E-state index contributed by atoms with van der Waals surface area (Å²) in [5, 5.41) is 5.83. The number of esters is 1. The Morgan fingerprint density at radius 3 is 2.41 bits per heavy atom. The van der Waals surface area contributed by atoms with Gasteiger partial charge in [0.1, 0.15) is 5.71 Å². The molecule has 0 saturated heterocycles. The highest BCUT2D eigenvalue weighted by atomic mass is 35.5. The molecule has 0 bridgehead atoms. The van der Waals surface area contributed by atoms with Crippen molar-refractivity contribution in [1.29, 1.82) is 0 Å². The Balaban J connectivity index is 1.72. The Labute approximate surface area is 161 Å². The van der Waals surface area contributed by atoms with E-state index in [0.717, 1.165) is 0 Å². The zero-order chi connectivity index (χ0) is 19.4. The van der Waals surface area contributed by atoms with E-state index in [2.05, 4.69) is 5.10 Å². The van der Waals surface area contributed by atoms with Gasteiger partial charge in [0.15, 0.2) is 6.10 Å². The third kappa shape index (κ3) is 4.41. The molecule has 0 fully saturated rings. The number of ketones is 1. The van der Waals surface area contributed by atoms with Gasteiger partial charge in [-0.1, -0.05) is 29.8 Å². The second-order valence-corrected chi connectivity index (χ2v) is 6.44. The van der Waals surface area contributed by atoms with E-state index in [-0.39, 0.29) is 30.2 Å². The molecule has 0 N–H and O–H groups in total. The van der Waals surface area contributed by atoms with E-state index >= 15 is 0 Å². The molecule has 6 nitrogen and oxygen atoms in total. The van der Waals surface area contributed by atoms with Gasteiger partial charge in [0, 0.05) is 23.4 Å². The molecular weight excluding hydrogens is 368 g/mol. The maximum Gasteiger partial charge on any atom is 0.355 e. The highest BCUT2D eigenvalue weighted by Crippen LogP contribution is 2.20. The van der Waals surface area contributed by atoms with Gasteiger partial charge in [0.05, 0.1) is 5.69 Å². The average molecular weight is 385 g/mol. The summed E-state index contributed by atoms with van der Waals surface area (Å²) in [5.41, 5.74) is 1.07. The predicted octanol–water partition coefficient (Wildman–Crippen LogP) is 3.64. The lowest BCUT2D eigenvalue weighted by molar-refractivity contribution is -0.138. The Kier molecular flexibility index (Phi) is 5.66. The zero-order valence-corrected chi connectivity index (χ0v) is 15.3. The number of Topliss-reactive ketones (excluding diaryl/α,β-unsaturated/α-hetero) is 1. The molecule has 0 unspecified atom stereocenters. The third-order valence-electron chi connectivity index (χ3n) is 4.05. The Morgan fingerprint density at radius 2 is 1.74 bits per heavy atom. The molecule has 0 aliphatic carbocycles. The van der Waals surface area contributed by atoms with Crippen LogP contribution in [0.15, 0.2) is 59.7 Å². The van der Waals surface area contributed by atoms with E-state index in [4.69, 9.17) is 16.3 Å². The lowest BCUT2D eigenvalue weighted by atomic mass is 10.1. The average Bonchev–Trinajstić information content (AvgIpc) is 2.69. The number of hydrazone groups is 1. The highest BCUT2D eigenvalue weighted by molar-refractivity contribution is 6.38. The van der Waals surface area contributed by atoms with Crippen molar-refractivity contribution in [3.05, 3.63) is 65.2 Å². The smallest absolute Gasteiger partial charge is 0.355 e. The molecule has 0 aromatic heterocycles. The standard InChI is InChI=1S/C20H17ClN2O4/c1-13(19(25)14-7-9-15(21)10-8-14)27-20(26)17-11-12-18(24)23(22-17)16-5-3-2-4-6-16/h2-10,13H,11-12H2,1H3/t13-/m1/s1. The molecule has 2 aromatic rings. The number of rotatable bonds is 5. The molecule has 2 aromatic carbocycles. The first-order chi connectivity index (χ1) is 13.0. The number of benzene rings is 2. The van der Waals surface area contributed by atoms with Crippen molar-refractivity contribution in [3.8, 4) is 0 Å². The molecule has 27 heavy (non-hydrogen) atoms. The van der Waals surface area contributed by atoms with E-state index in [1.165, 1.54) is 11.9 Å². The summed E-state index contributed by atoms with van der Waals surface area (Å²) in [6.45, 7) is 1.50. The number of hydrogen-bond acceptors (Lipinski definition) is 5. The van der Waals surface area contributed by atoms with Crippen LogP contribution in [0, 0.1) is 0 Å². The SMILES string of the molecule is C[C@@H](OC(=O)C1=NN(c2ccccc2)C(=O)CC1)C(=O)c1ccc(Cl)cc1. The fraction of sp³-hybridized carbons (Fsp3) is 0.200. The maximum absolute atomic E-state index is 12.4. The first-order valence-corrected chi connectivity index (χ1v) is 8.80.